The van der Waals surface area contributed by atoms with E-state index < -0.39 is 5.97 Å². The molecule has 0 rings (SSSR count). The predicted molar refractivity (Wildman–Crippen MR) is 61.9 cm³/mol. The van der Waals surface area contributed by atoms with Crippen molar-refractivity contribution in [3.63, 3.8) is 0 Å². The van der Waals surface area contributed by atoms with E-state index in [2.05, 4.69) is 19.8 Å². The van der Waals surface area contributed by atoms with Gasteiger partial charge in [0, 0.05) is 18.2 Å². The van der Waals surface area contributed by atoms with E-state index in [4.69, 9.17) is 5.11 Å². The minimum absolute atomic E-state index is 0.253. The van der Waals surface area contributed by atoms with Gasteiger partial charge in [-0.3, -0.25) is 4.90 Å². The Balaban J connectivity index is 3.88. The third-order valence-electron chi connectivity index (χ3n) is 2.23. The molecule has 82 valence electrons. The molecule has 0 aliphatic heterocycles. The van der Waals surface area contributed by atoms with Crippen molar-refractivity contribution in [2.45, 2.75) is 19.4 Å². The number of carboxylic acid groups (broad SMARTS) is 1. The van der Waals surface area contributed by atoms with Crippen molar-refractivity contribution in [2.24, 2.45) is 0 Å². The number of hydrogen-bond donors (Lipinski definition) is 1. The van der Waals surface area contributed by atoms with Gasteiger partial charge in [0.15, 0.2) is 0 Å². The smallest absolute Gasteiger partial charge is 0.332 e. The van der Waals surface area contributed by atoms with Crippen LogP contribution in [0, 0.1) is 0 Å². The Bertz CT molecular complexity index is 206. The molecule has 1 N–H and O–H groups in total. The maximum atomic E-state index is 10.5. The van der Waals surface area contributed by atoms with E-state index in [1.165, 1.54) is 0 Å². The second kappa shape index (κ2) is 6.90. The second-order valence-electron chi connectivity index (χ2n) is 3.45. The average Bonchev–Trinajstić information content (AvgIpc) is 2.13. The third-order valence-corrected chi connectivity index (χ3v) is 2.88. The van der Waals surface area contributed by atoms with E-state index in [0.717, 1.165) is 12.2 Å². The van der Waals surface area contributed by atoms with Crippen LogP contribution in [-0.2, 0) is 4.79 Å². The van der Waals surface area contributed by atoms with Crippen molar-refractivity contribution in [3.8, 4) is 0 Å². The predicted octanol–water partition coefficient (Wildman–Crippen LogP) is 1.70. The first-order chi connectivity index (χ1) is 6.49. The van der Waals surface area contributed by atoms with Gasteiger partial charge in [-0.2, -0.15) is 11.8 Å². The van der Waals surface area contributed by atoms with Crippen LogP contribution in [0.5, 0.6) is 0 Å². The quantitative estimate of drug-likeness (QED) is 0.659. The fourth-order valence-corrected chi connectivity index (χ4v) is 1.61. The molecular formula is C10H19NO2S. The van der Waals surface area contributed by atoms with Gasteiger partial charge in [0.25, 0.3) is 0 Å². The van der Waals surface area contributed by atoms with Gasteiger partial charge in [-0.15, -0.1) is 0 Å². The van der Waals surface area contributed by atoms with Gasteiger partial charge in [-0.25, -0.2) is 4.79 Å². The SMILES string of the molecule is C=C(CN(C)C(C)CCSC)C(=O)O. The van der Waals surface area contributed by atoms with Gasteiger partial charge < -0.3 is 5.11 Å². The normalized spacial score (nSPS) is 12.9. The summed E-state index contributed by atoms with van der Waals surface area (Å²) in [5.41, 5.74) is 0.253. The van der Waals surface area contributed by atoms with Crippen molar-refractivity contribution >= 4 is 17.7 Å². The summed E-state index contributed by atoms with van der Waals surface area (Å²) in [5.74, 6) is 0.194. The molecular weight excluding hydrogens is 198 g/mol. The number of thioether (sulfide) groups is 1. The Kier molecular flexibility index (Phi) is 6.66. The first-order valence-corrected chi connectivity index (χ1v) is 5.98. The summed E-state index contributed by atoms with van der Waals surface area (Å²) < 4.78 is 0. The molecule has 14 heavy (non-hydrogen) atoms. The first-order valence-electron chi connectivity index (χ1n) is 4.59. The van der Waals surface area contributed by atoms with Gasteiger partial charge in [0.2, 0.25) is 0 Å². The zero-order valence-corrected chi connectivity index (χ0v) is 9.93. The van der Waals surface area contributed by atoms with Crippen LogP contribution >= 0.6 is 11.8 Å². The lowest BCUT2D eigenvalue weighted by Gasteiger charge is -2.24. The Labute approximate surface area is 90.2 Å². The van der Waals surface area contributed by atoms with E-state index >= 15 is 0 Å². The molecule has 0 aliphatic rings. The molecule has 0 saturated carbocycles. The highest BCUT2D eigenvalue weighted by molar-refractivity contribution is 7.98. The van der Waals surface area contributed by atoms with Gasteiger partial charge in [0.05, 0.1) is 0 Å². The molecule has 0 amide bonds. The molecule has 3 nitrogen and oxygen atoms in total. The Hall–Kier alpha value is -0.480. The molecule has 0 fully saturated rings. The van der Waals surface area contributed by atoms with Crippen LogP contribution in [0.2, 0.25) is 0 Å². The van der Waals surface area contributed by atoms with Crippen LogP contribution in [0.3, 0.4) is 0 Å². The number of aliphatic carboxylic acids is 1. The summed E-state index contributed by atoms with van der Waals surface area (Å²) in [6.45, 7) is 6.05. The molecule has 1 atom stereocenters. The first kappa shape index (κ1) is 13.5. The molecule has 0 aromatic heterocycles. The zero-order chi connectivity index (χ0) is 11.1. The number of likely N-dealkylation sites (N-methyl/N-ethyl adjacent to an activating group) is 1. The number of rotatable bonds is 7. The van der Waals surface area contributed by atoms with Crippen LogP contribution in [0.1, 0.15) is 13.3 Å². The number of carbonyl (C=O) groups is 1. The van der Waals surface area contributed by atoms with Crippen LogP contribution < -0.4 is 0 Å². The average molecular weight is 217 g/mol. The summed E-state index contributed by atoms with van der Waals surface area (Å²) in [7, 11) is 1.93. The molecule has 0 saturated heterocycles. The summed E-state index contributed by atoms with van der Waals surface area (Å²) >= 11 is 1.81. The van der Waals surface area contributed by atoms with Crippen molar-refractivity contribution in [1.29, 1.82) is 0 Å². The van der Waals surface area contributed by atoms with Crippen LogP contribution in [-0.4, -0.2) is 47.6 Å². The van der Waals surface area contributed by atoms with E-state index in [0.29, 0.717) is 12.6 Å². The Morgan fingerprint density at radius 3 is 2.64 bits per heavy atom. The molecule has 1 unspecified atom stereocenters. The van der Waals surface area contributed by atoms with E-state index in [1.54, 1.807) is 0 Å². The minimum atomic E-state index is -0.908. The summed E-state index contributed by atoms with van der Waals surface area (Å²) in [6, 6.07) is 0.401. The Morgan fingerprint density at radius 1 is 1.64 bits per heavy atom. The monoisotopic (exact) mass is 217 g/mol. The Morgan fingerprint density at radius 2 is 2.21 bits per heavy atom. The fraction of sp³-hybridized carbons (Fsp3) is 0.700. The van der Waals surface area contributed by atoms with E-state index in [-0.39, 0.29) is 5.57 Å². The molecule has 0 heterocycles. The zero-order valence-electron chi connectivity index (χ0n) is 9.12. The summed E-state index contributed by atoms with van der Waals surface area (Å²) in [6.07, 6.45) is 3.15. The molecule has 0 radical (unpaired) electrons. The number of nitrogens with zero attached hydrogens (tertiary/aromatic N) is 1. The number of hydrogen-bond acceptors (Lipinski definition) is 3. The largest absolute Gasteiger partial charge is 0.478 e. The second-order valence-corrected chi connectivity index (χ2v) is 4.44. The van der Waals surface area contributed by atoms with Crippen LogP contribution in [0.4, 0.5) is 0 Å². The van der Waals surface area contributed by atoms with Gasteiger partial charge in [-0.1, -0.05) is 6.58 Å². The molecule has 0 aliphatic carbocycles. The minimum Gasteiger partial charge on any atom is -0.478 e. The molecule has 4 heteroatoms. The summed E-state index contributed by atoms with van der Waals surface area (Å²) in [5, 5.41) is 8.66. The highest BCUT2D eigenvalue weighted by Gasteiger charge is 2.12. The third kappa shape index (κ3) is 5.29. The molecule has 0 aromatic carbocycles. The highest BCUT2D eigenvalue weighted by Crippen LogP contribution is 2.07. The lowest BCUT2D eigenvalue weighted by atomic mass is 10.2. The highest BCUT2D eigenvalue weighted by atomic mass is 32.2. The maximum absolute atomic E-state index is 10.5. The molecule has 0 bridgehead atoms. The van der Waals surface area contributed by atoms with Crippen molar-refractivity contribution < 1.29 is 9.90 Å². The van der Waals surface area contributed by atoms with Crippen molar-refractivity contribution in [3.05, 3.63) is 12.2 Å². The molecule has 0 aromatic rings. The summed E-state index contributed by atoms with van der Waals surface area (Å²) in [4.78, 5) is 12.6. The number of carboxylic acids is 1. The van der Waals surface area contributed by atoms with Crippen LogP contribution in [0.15, 0.2) is 12.2 Å². The van der Waals surface area contributed by atoms with Crippen molar-refractivity contribution in [1.82, 2.24) is 4.90 Å². The van der Waals surface area contributed by atoms with Gasteiger partial charge >= 0.3 is 5.97 Å². The maximum Gasteiger partial charge on any atom is 0.332 e. The topological polar surface area (TPSA) is 40.5 Å². The van der Waals surface area contributed by atoms with E-state index in [9.17, 15) is 4.79 Å². The standard InChI is InChI=1S/C10H19NO2S/c1-8(10(12)13)7-11(3)9(2)5-6-14-4/h9H,1,5-7H2,2-4H3,(H,12,13). The van der Waals surface area contributed by atoms with E-state index in [1.807, 2.05) is 23.7 Å². The van der Waals surface area contributed by atoms with Gasteiger partial charge in [0.1, 0.15) is 0 Å². The molecule has 0 spiro atoms. The lowest BCUT2D eigenvalue weighted by molar-refractivity contribution is -0.132. The van der Waals surface area contributed by atoms with Gasteiger partial charge in [-0.05, 0) is 32.4 Å². The lowest BCUT2D eigenvalue weighted by Crippen LogP contribution is -2.32. The van der Waals surface area contributed by atoms with Crippen LogP contribution in [0.25, 0.3) is 0 Å². The van der Waals surface area contributed by atoms with Crippen molar-refractivity contribution in [2.75, 3.05) is 25.6 Å². The fourth-order valence-electron chi connectivity index (χ4n) is 1.03.